The Hall–Kier alpha value is -0.610. The smallest absolute Gasteiger partial charge is 0.0654 e. The van der Waals surface area contributed by atoms with Crippen LogP contribution in [0.3, 0.4) is 0 Å². The minimum absolute atomic E-state index is 0.138. The van der Waals surface area contributed by atoms with E-state index in [0.29, 0.717) is 5.41 Å². The molecule has 124 valence electrons. The molecule has 0 aromatic rings. The lowest BCUT2D eigenvalue weighted by atomic mass is 9.66. The predicted molar refractivity (Wildman–Crippen MR) is 88.5 cm³/mol. The fourth-order valence-electron chi connectivity index (χ4n) is 6.14. The molecule has 4 heteroatoms. The average molecular weight is 305 g/mol. The van der Waals surface area contributed by atoms with Gasteiger partial charge in [-0.05, 0) is 82.5 Å². The second kappa shape index (κ2) is 5.48. The number of likely N-dealkylation sites (tertiary alicyclic amines) is 2. The van der Waals surface area contributed by atoms with E-state index >= 15 is 0 Å². The molecule has 22 heavy (non-hydrogen) atoms. The molecule has 4 nitrogen and oxygen atoms in total. The van der Waals surface area contributed by atoms with E-state index in [1.54, 1.807) is 0 Å². The summed E-state index contributed by atoms with van der Waals surface area (Å²) in [7, 11) is 0. The fraction of sp³-hybridized carbons (Fsp3) is 0.944. The highest BCUT2D eigenvalue weighted by Crippen LogP contribution is 2.65. The van der Waals surface area contributed by atoms with Crippen LogP contribution in [-0.4, -0.2) is 60.0 Å². The van der Waals surface area contributed by atoms with Crippen LogP contribution in [0.25, 0.3) is 0 Å². The van der Waals surface area contributed by atoms with Crippen molar-refractivity contribution in [1.82, 2.24) is 9.80 Å². The first-order valence-electron chi connectivity index (χ1n) is 9.34. The first kappa shape index (κ1) is 14.9. The van der Waals surface area contributed by atoms with Crippen molar-refractivity contribution in [3.8, 4) is 0 Å². The summed E-state index contributed by atoms with van der Waals surface area (Å²) in [6.45, 7) is 9.88. The second-order valence-corrected chi connectivity index (χ2v) is 8.45. The van der Waals surface area contributed by atoms with Crippen LogP contribution in [-0.2, 0) is 0 Å². The van der Waals surface area contributed by atoms with Gasteiger partial charge < -0.3 is 15.0 Å². The quantitative estimate of drug-likeness (QED) is 0.641. The minimum atomic E-state index is 0.138. The first-order chi connectivity index (χ1) is 10.7. The Bertz CT molecular complexity index is 453. The number of rotatable bonds is 4. The van der Waals surface area contributed by atoms with Gasteiger partial charge in [-0.3, -0.25) is 0 Å². The minimum Gasteiger partial charge on any atom is -0.411 e. The highest BCUT2D eigenvalue weighted by Gasteiger charge is 2.65. The van der Waals surface area contributed by atoms with Crippen molar-refractivity contribution in [1.29, 1.82) is 0 Å². The molecule has 2 bridgehead atoms. The van der Waals surface area contributed by atoms with Gasteiger partial charge >= 0.3 is 0 Å². The molecule has 4 rings (SSSR count). The number of hydrogen-bond donors (Lipinski definition) is 1. The van der Waals surface area contributed by atoms with Crippen molar-refractivity contribution in [3.05, 3.63) is 0 Å². The first-order valence-corrected chi connectivity index (χ1v) is 9.34. The maximum absolute atomic E-state index is 9.68. The third-order valence-electron chi connectivity index (χ3n) is 7.47. The van der Waals surface area contributed by atoms with Gasteiger partial charge in [0.05, 0.1) is 5.71 Å². The highest BCUT2D eigenvalue weighted by atomic mass is 16.4. The van der Waals surface area contributed by atoms with Gasteiger partial charge in [-0.2, -0.15) is 0 Å². The Kier molecular flexibility index (Phi) is 3.73. The molecule has 0 aromatic carbocycles. The average Bonchev–Trinajstić information content (AvgIpc) is 3.27. The van der Waals surface area contributed by atoms with Gasteiger partial charge in [-0.25, -0.2) is 0 Å². The van der Waals surface area contributed by atoms with Crippen LogP contribution in [0.15, 0.2) is 5.16 Å². The Labute approximate surface area is 134 Å². The number of nitrogens with zero attached hydrogens (tertiary/aromatic N) is 3. The van der Waals surface area contributed by atoms with E-state index in [4.69, 9.17) is 0 Å². The molecule has 0 spiro atoms. The van der Waals surface area contributed by atoms with Crippen LogP contribution in [0.5, 0.6) is 0 Å². The number of hydrogen-bond acceptors (Lipinski definition) is 4. The number of fused-ring (bicyclic) bond motifs is 2. The third-order valence-corrected chi connectivity index (χ3v) is 7.47. The van der Waals surface area contributed by atoms with Crippen molar-refractivity contribution in [2.75, 3.05) is 39.3 Å². The van der Waals surface area contributed by atoms with Crippen molar-refractivity contribution in [2.24, 2.45) is 21.9 Å². The zero-order valence-corrected chi connectivity index (χ0v) is 14.1. The normalized spacial score (nSPS) is 44.6. The zero-order chi connectivity index (χ0) is 15.2. The van der Waals surface area contributed by atoms with Crippen molar-refractivity contribution in [3.63, 3.8) is 0 Å². The Morgan fingerprint density at radius 2 is 1.64 bits per heavy atom. The zero-order valence-electron chi connectivity index (χ0n) is 14.1. The van der Waals surface area contributed by atoms with Crippen LogP contribution >= 0.6 is 0 Å². The lowest BCUT2D eigenvalue weighted by Crippen LogP contribution is -2.51. The lowest BCUT2D eigenvalue weighted by Gasteiger charge is -2.45. The van der Waals surface area contributed by atoms with E-state index in [1.165, 1.54) is 71.2 Å². The molecular weight excluding hydrogens is 274 g/mol. The summed E-state index contributed by atoms with van der Waals surface area (Å²) in [6.07, 6.45) is 9.01. The van der Waals surface area contributed by atoms with E-state index in [1.807, 2.05) is 0 Å². The maximum atomic E-state index is 9.68. The summed E-state index contributed by atoms with van der Waals surface area (Å²) in [5, 5.41) is 13.5. The molecular formula is C18H31N3O. The highest BCUT2D eigenvalue weighted by molar-refractivity contribution is 5.94. The summed E-state index contributed by atoms with van der Waals surface area (Å²) in [6, 6.07) is 0. The maximum Gasteiger partial charge on any atom is 0.0654 e. The Balaban J connectivity index is 1.62. The van der Waals surface area contributed by atoms with Crippen LogP contribution in [0, 0.1) is 16.7 Å². The van der Waals surface area contributed by atoms with Gasteiger partial charge in [0.2, 0.25) is 0 Å². The standard InChI is InChI=1S/C18H31N3O/c1-17(13-20-8-2-3-9-20)15-6-7-18(17,16(12-15)19-22)14-21-10-4-5-11-21/h15,22H,2-14H2,1H3/b19-16+. The van der Waals surface area contributed by atoms with Gasteiger partial charge in [0, 0.05) is 18.5 Å². The SMILES string of the molecule is CC1(CN2CCCC2)C2CCC1(CN1CCCC1)/C(=N/O)C2. The molecule has 0 amide bonds. The molecule has 2 saturated carbocycles. The summed E-state index contributed by atoms with van der Waals surface area (Å²) in [4.78, 5) is 5.32. The van der Waals surface area contributed by atoms with Gasteiger partial charge in [-0.15, -0.1) is 0 Å². The van der Waals surface area contributed by atoms with Crippen molar-refractivity contribution < 1.29 is 5.21 Å². The van der Waals surface area contributed by atoms with E-state index in [9.17, 15) is 5.21 Å². The van der Waals surface area contributed by atoms with Gasteiger partial charge in [0.15, 0.2) is 0 Å². The van der Waals surface area contributed by atoms with Crippen LogP contribution in [0.2, 0.25) is 0 Å². The third kappa shape index (κ3) is 2.06. The van der Waals surface area contributed by atoms with Crippen molar-refractivity contribution >= 4 is 5.71 Å². The monoisotopic (exact) mass is 305 g/mol. The predicted octanol–water partition coefficient (Wildman–Crippen LogP) is 2.81. The van der Waals surface area contributed by atoms with Crippen molar-refractivity contribution in [2.45, 2.75) is 51.9 Å². The van der Waals surface area contributed by atoms with Crippen LogP contribution < -0.4 is 0 Å². The molecule has 3 unspecified atom stereocenters. The molecule has 4 aliphatic rings. The summed E-state index contributed by atoms with van der Waals surface area (Å²) < 4.78 is 0. The van der Waals surface area contributed by atoms with Gasteiger partial charge in [0.1, 0.15) is 0 Å². The summed E-state index contributed by atoms with van der Waals surface area (Å²) in [5.74, 6) is 0.724. The summed E-state index contributed by atoms with van der Waals surface area (Å²) in [5.41, 5.74) is 1.57. The second-order valence-electron chi connectivity index (χ2n) is 8.45. The molecule has 2 heterocycles. The molecule has 2 aliphatic heterocycles. The molecule has 1 N–H and O–H groups in total. The van der Waals surface area contributed by atoms with E-state index in [2.05, 4.69) is 21.9 Å². The lowest BCUT2D eigenvalue weighted by molar-refractivity contribution is 0.0628. The van der Waals surface area contributed by atoms with Gasteiger partial charge in [0.25, 0.3) is 0 Å². The largest absolute Gasteiger partial charge is 0.411 e. The molecule has 4 fully saturated rings. The Morgan fingerprint density at radius 1 is 1.05 bits per heavy atom. The summed E-state index contributed by atoms with van der Waals surface area (Å²) >= 11 is 0. The number of oxime groups is 1. The molecule has 2 saturated heterocycles. The van der Waals surface area contributed by atoms with E-state index < -0.39 is 0 Å². The van der Waals surface area contributed by atoms with E-state index in [-0.39, 0.29) is 5.41 Å². The molecule has 0 radical (unpaired) electrons. The van der Waals surface area contributed by atoms with E-state index in [0.717, 1.165) is 24.6 Å². The molecule has 0 aromatic heterocycles. The molecule has 2 aliphatic carbocycles. The topological polar surface area (TPSA) is 39.1 Å². The van der Waals surface area contributed by atoms with Gasteiger partial charge in [-0.1, -0.05) is 12.1 Å². The van der Waals surface area contributed by atoms with Crippen LogP contribution in [0.1, 0.15) is 51.9 Å². The molecule has 3 atom stereocenters. The fourth-order valence-corrected chi connectivity index (χ4v) is 6.14. The Morgan fingerprint density at radius 3 is 2.23 bits per heavy atom. The van der Waals surface area contributed by atoms with Crippen LogP contribution in [0.4, 0.5) is 0 Å².